The first kappa shape index (κ1) is 29.4. The third-order valence-electron chi connectivity index (χ3n) is 6.50. The molecule has 0 atom stereocenters. The van der Waals surface area contributed by atoms with E-state index in [2.05, 4.69) is 0 Å². The molecule has 2 aromatic carbocycles. The number of alkyl halides is 3. The Morgan fingerprint density at radius 2 is 1.85 bits per heavy atom. The van der Waals surface area contributed by atoms with E-state index in [0.717, 1.165) is 12.1 Å². The lowest BCUT2D eigenvalue weighted by atomic mass is 10.1. The number of rotatable bonds is 6. The third-order valence-corrected chi connectivity index (χ3v) is 8.79. The zero-order valence-corrected chi connectivity index (χ0v) is 24.1. The predicted octanol–water partition coefficient (Wildman–Crippen LogP) is 6.77. The molecular formula is C26H19Cl3F3N3O5S. The highest BCUT2D eigenvalue weighted by Gasteiger charge is 2.35. The van der Waals surface area contributed by atoms with Crippen molar-refractivity contribution in [2.45, 2.75) is 34.7 Å². The number of aromatic nitrogens is 1. The van der Waals surface area contributed by atoms with Gasteiger partial charge in [-0.2, -0.15) is 8.78 Å². The van der Waals surface area contributed by atoms with Crippen molar-refractivity contribution in [1.29, 1.82) is 0 Å². The van der Waals surface area contributed by atoms with E-state index in [0.29, 0.717) is 53.9 Å². The van der Waals surface area contributed by atoms with Crippen LogP contribution in [0.5, 0.6) is 5.75 Å². The summed E-state index contributed by atoms with van der Waals surface area (Å²) in [6.45, 7) is 0.801. The Balaban J connectivity index is 1.53. The van der Waals surface area contributed by atoms with Gasteiger partial charge in [0.1, 0.15) is 22.8 Å². The van der Waals surface area contributed by atoms with Crippen molar-refractivity contribution in [1.82, 2.24) is 9.88 Å². The van der Waals surface area contributed by atoms with Gasteiger partial charge in [-0.3, -0.25) is 14.5 Å². The van der Waals surface area contributed by atoms with E-state index in [9.17, 15) is 27.6 Å². The maximum atomic E-state index is 14.2. The molecule has 0 unspecified atom stereocenters. The van der Waals surface area contributed by atoms with Gasteiger partial charge >= 0.3 is 11.5 Å². The van der Waals surface area contributed by atoms with Crippen LogP contribution in [0, 0.1) is 5.82 Å². The van der Waals surface area contributed by atoms with Crippen molar-refractivity contribution in [3.8, 4) is 5.75 Å². The van der Waals surface area contributed by atoms with Crippen LogP contribution >= 0.6 is 46.6 Å². The smallest absolute Gasteiger partial charge is 0.414 e. The summed E-state index contributed by atoms with van der Waals surface area (Å²) in [4.78, 5) is 43.6. The lowest BCUT2D eigenvalue weighted by Crippen LogP contribution is -2.38. The van der Waals surface area contributed by atoms with Crippen LogP contribution in [0.2, 0.25) is 10.0 Å². The van der Waals surface area contributed by atoms with E-state index in [1.54, 1.807) is 12.1 Å². The van der Waals surface area contributed by atoms with Crippen LogP contribution in [0.4, 0.5) is 23.7 Å². The number of H-pyrrole nitrogens is 1. The van der Waals surface area contributed by atoms with Crippen LogP contribution in [0.25, 0.3) is 0 Å². The normalized spacial score (nSPS) is 15.1. The van der Waals surface area contributed by atoms with Gasteiger partial charge < -0.3 is 19.4 Å². The van der Waals surface area contributed by atoms with Gasteiger partial charge in [-0.1, -0.05) is 35.0 Å². The highest BCUT2D eigenvalue weighted by atomic mass is 35.5. The maximum absolute atomic E-state index is 14.2. The zero-order chi connectivity index (χ0) is 29.6. The molecule has 15 heteroatoms. The summed E-state index contributed by atoms with van der Waals surface area (Å²) in [7, 11) is 1.44. The number of halogens is 6. The number of carbonyl (C=O) groups is 2. The number of cyclic esters (lactones) is 1. The van der Waals surface area contributed by atoms with E-state index in [-0.39, 0.29) is 27.9 Å². The van der Waals surface area contributed by atoms with Gasteiger partial charge in [0.15, 0.2) is 0 Å². The topological polar surface area (TPSA) is 91.9 Å². The number of methoxy groups -OCH3 is 1. The minimum Gasteiger partial charge on any atom is -0.495 e. The van der Waals surface area contributed by atoms with Gasteiger partial charge in [-0.15, -0.1) is 0 Å². The summed E-state index contributed by atoms with van der Waals surface area (Å²) in [5.41, 5.74) is -0.768. The molecule has 2 aliphatic heterocycles. The zero-order valence-electron chi connectivity index (χ0n) is 21.0. The Morgan fingerprint density at radius 1 is 1.15 bits per heavy atom. The quantitative estimate of drug-likeness (QED) is 0.234. The van der Waals surface area contributed by atoms with Crippen molar-refractivity contribution in [2.75, 3.05) is 25.2 Å². The van der Waals surface area contributed by atoms with Crippen molar-refractivity contribution in [3.05, 3.63) is 78.9 Å². The van der Waals surface area contributed by atoms with Gasteiger partial charge in [-0.25, -0.2) is 9.18 Å². The Morgan fingerprint density at radius 3 is 2.51 bits per heavy atom. The number of nitrogens with zero attached hydrogens (tertiary/aromatic N) is 2. The largest absolute Gasteiger partial charge is 0.495 e. The number of fused-ring (bicyclic) bond motifs is 1. The van der Waals surface area contributed by atoms with Gasteiger partial charge in [0.05, 0.1) is 34.3 Å². The van der Waals surface area contributed by atoms with E-state index in [1.165, 1.54) is 23.0 Å². The average molecular weight is 649 g/mol. The molecule has 1 fully saturated rings. The molecule has 5 rings (SSSR count). The van der Waals surface area contributed by atoms with Crippen molar-refractivity contribution in [2.24, 2.45) is 0 Å². The summed E-state index contributed by atoms with van der Waals surface area (Å²) in [5, 5.41) is -4.41. The average Bonchev–Trinajstić information content (AvgIpc) is 3.35. The molecule has 41 heavy (non-hydrogen) atoms. The number of benzene rings is 2. The Labute approximate surface area is 250 Å². The fourth-order valence-corrected chi connectivity index (χ4v) is 6.28. The molecule has 0 spiro atoms. The molecule has 0 aliphatic carbocycles. The first-order valence-electron chi connectivity index (χ1n) is 12.0. The third kappa shape index (κ3) is 5.70. The number of hydrogen-bond acceptors (Lipinski definition) is 6. The fraction of sp³-hybridized carbons (Fsp3) is 0.269. The molecule has 0 bridgehead atoms. The molecule has 1 saturated heterocycles. The first-order chi connectivity index (χ1) is 19.4. The molecule has 3 aromatic rings. The lowest BCUT2D eigenvalue weighted by Gasteiger charge is -2.28. The van der Waals surface area contributed by atoms with Crippen LogP contribution in [0.3, 0.4) is 0 Å². The number of carbonyl (C=O) groups excluding carboxylic acids is 2. The molecule has 0 saturated carbocycles. The molecule has 216 valence electrons. The minimum atomic E-state index is -3.97. The summed E-state index contributed by atoms with van der Waals surface area (Å²) in [6, 6.07) is 6.44. The van der Waals surface area contributed by atoms with E-state index >= 15 is 0 Å². The molecule has 0 radical (unpaired) electrons. The van der Waals surface area contributed by atoms with Crippen LogP contribution in [-0.4, -0.2) is 42.1 Å². The van der Waals surface area contributed by atoms with Crippen molar-refractivity contribution >= 4 is 64.3 Å². The highest BCUT2D eigenvalue weighted by Crippen LogP contribution is 2.43. The standard InChI is InChI=1S/C26H19Cl3F3N3O5S/c1-39-17-8-13-11-34(10-12(13)7-16(17)35-5-2-6-40-25(35)38)24(37)20-18(9-19(26(29,31)32)33-23(20)36)41-22-14(27)3-4-15(30)21(22)28/h3-4,7-9H,2,5-6,10-11H2,1H3,(H,33,36). The van der Waals surface area contributed by atoms with Crippen LogP contribution in [0.15, 0.2) is 44.9 Å². The van der Waals surface area contributed by atoms with Crippen LogP contribution in [0.1, 0.15) is 33.6 Å². The number of amides is 2. The molecular weight excluding hydrogens is 630 g/mol. The van der Waals surface area contributed by atoms with Gasteiger partial charge in [0.2, 0.25) is 0 Å². The van der Waals surface area contributed by atoms with Gasteiger partial charge in [0.25, 0.3) is 11.5 Å². The second-order valence-electron chi connectivity index (χ2n) is 9.10. The SMILES string of the molecule is COc1cc2c(cc1N1CCCOC1=O)CN(C(=O)c1c(Sc3c(Cl)ccc(F)c3Cl)cc(C(F)(F)Cl)[nH]c1=O)C2. The Hall–Kier alpha value is -3.06. The molecule has 8 nitrogen and oxygen atoms in total. The fourth-order valence-electron chi connectivity index (χ4n) is 4.55. The molecule has 2 aliphatic rings. The predicted molar refractivity (Wildman–Crippen MR) is 147 cm³/mol. The number of nitrogens with one attached hydrogen (secondary N) is 1. The Kier molecular flexibility index (Phi) is 8.12. The lowest BCUT2D eigenvalue weighted by molar-refractivity contribution is 0.0740. The number of ether oxygens (including phenoxy) is 2. The molecule has 3 heterocycles. The number of anilines is 1. The van der Waals surface area contributed by atoms with E-state index in [1.807, 2.05) is 4.98 Å². The molecule has 1 N–H and O–H groups in total. The van der Waals surface area contributed by atoms with Crippen LogP contribution < -0.4 is 15.2 Å². The summed E-state index contributed by atoms with van der Waals surface area (Å²) in [6.07, 6.45) is 0.0933. The van der Waals surface area contributed by atoms with E-state index in [4.69, 9.17) is 44.3 Å². The second kappa shape index (κ2) is 11.3. The van der Waals surface area contributed by atoms with Crippen molar-refractivity contribution in [3.63, 3.8) is 0 Å². The Bertz CT molecular complexity index is 1630. The summed E-state index contributed by atoms with van der Waals surface area (Å²) < 4.78 is 52.8. The second-order valence-corrected chi connectivity index (χ2v) is 11.4. The number of hydrogen-bond donors (Lipinski definition) is 1. The molecule has 1 aromatic heterocycles. The van der Waals surface area contributed by atoms with Crippen molar-refractivity contribution < 1.29 is 32.2 Å². The first-order valence-corrected chi connectivity index (χ1v) is 13.9. The maximum Gasteiger partial charge on any atom is 0.414 e. The monoisotopic (exact) mass is 647 g/mol. The number of pyridine rings is 1. The highest BCUT2D eigenvalue weighted by molar-refractivity contribution is 7.99. The van der Waals surface area contributed by atoms with Gasteiger partial charge in [0, 0.05) is 24.5 Å². The van der Waals surface area contributed by atoms with Gasteiger partial charge in [-0.05, 0) is 59.5 Å². The summed E-state index contributed by atoms with van der Waals surface area (Å²) >= 11 is 18.0. The van der Waals surface area contributed by atoms with E-state index < -0.39 is 45.0 Å². The number of aromatic amines is 1. The minimum absolute atomic E-state index is 0.0243. The molecule has 2 amide bonds. The summed E-state index contributed by atoms with van der Waals surface area (Å²) in [5.74, 6) is -1.25. The van der Waals surface area contributed by atoms with Crippen LogP contribution in [-0.2, 0) is 23.2 Å².